The van der Waals surface area contributed by atoms with Gasteiger partial charge in [0.25, 0.3) is 0 Å². The van der Waals surface area contributed by atoms with Crippen LogP contribution in [0.2, 0.25) is 0 Å². The second kappa shape index (κ2) is 6.61. The van der Waals surface area contributed by atoms with E-state index < -0.39 is 5.91 Å². The van der Waals surface area contributed by atoms with Gasteiger partial charge in [-0.05, 0) is 24.0 Å². The zero-order valence-electron chi connectivity index (χ0n) is 12.6. The van der Waals surface area contributed by atoms with Gasteiger partial charge in [0.1, 0.15) is 0 Å². The highest BCUT2D eigenvalue weighted by Crippen LogP contribution is 2.32. The number of hydrogen-bond acceptors (Lipinski definition) is 3. The average molecular weight is 289 g/mol. The first kappa shape index (κ1) is 15.4. The second-order valence-electron chi connectivity index (χ2n) is 5.93. The van der Waals surface area contributed by atoms with Crippen LogP contribution in [0, 0.1) is 5.92 Å². The fourth-order valence-electron chi connectivity index (χ4n) is 2.81. The molecule has 114 valence electrons. The van der Waals surface area contributed by atoms with Gasteiger partial charge in [0.05, 0.1) is 12.5 Å². The van der Waals surface area contributed by atoms with Gasteiger partial charge in [0.15, 0.2) is 0 Å². The molecular formula is C16H23N3O2. The van der Waals surface area contributed by atoms with E-state index in [2.05, 4.69) is 5.32 Å². The summed E-state index contributed by atoms with van der Waals surface area (Å²) < 4.78 is 0. The first-order valence-corrected chi connectivity index (χ1v) is 7.39. The van der Waals surface area contributed by atoms with Crippen molar-refractivity contribution >= 4 is 17.5 Å². The van der Waals surface area contributed by atoms with Crippen LogP contribution in [0.3, 0.4) is 0 Å². The lowest BCUT2D eigenvalue weighted by Gasteiger charge is -2.31. The molecule has 2 rings (SSSR count). The average Bonchev–Trinajstić information content (AvgIpc) is 2.44. The molecule has 0 radical (unpaired) electrons. The number of hydrogen-bond donors (Lipinski definition) is 2. The Labute approximate surface area is 125 Å². The highest BCUT2D eigenvalue weighted by atomic mass is 16.2. The van der Waals surface area contributed by atoms with E-state index in [9.17, 15) is 9.59 Å². The van der Waals surface area contributed by atoms with E-state index in [1.165, 1.54) is 0 Å². The van der Waals surface area contributed by atoms with Crippen molar-refractivity contribution in [2.75, 3.05) is 25.0 Å². The smallest absolute Gasteiger partial charge is 0.237 e. The first-order chi connectivity index (χ1) is 9.99. The van der Waals surface area contributed by atoms with Gasteiger partial charge in [-0.1, -0.05) is 32.0 Å². The number of amides is 2. The maximum Gasteiger partial charge on any atom is 0.237 e. The molecule has 2 amide bonds. The summed E-state index contributed by atoms with van der Waals surface area (Å²) in [5, 5.41) is 3.31. The predicted octanol–water partition coefficient (Wildman–Crippen LogP) is 1.56. The molecule has 1 aromatic rings. The molecule has 0 saturated carbocycles. The van der Waals surface area contributed by atoms with Gasteiger partial charge in [-0.3, -0.25) is 9.59 Å². The molecule has 0 saturated heterocycles. The predicted molar refractivity (Wildman–Crippen MR) is 82.9 cm³/mol. The van der Waals surface area contributed by atoms with Crippen molar-refractivity contribution in [3.8, 4) is 0 Å². The zero-order chi connectivity index (χ0) is 15.4. The zero-order valence-corrected chi connectivity index (χ0v) is 12.6. The summed E-state index contributed by atoms with van der Waals surface area (Å²) in [6.45, 7) is 5.35. The molecule has 0 bridgehead atoms. The molecule has 0 spiro atoms. The highest BCUT2D eigenvalue weighted by Gasteiger charge is 2.30. The van der Waals surface area contributed by atoms with Crippen molar-refractivity contribution in [3.05, 3.63) is 29.8 Å². The monoisotopic (exact) mass is 289 g/mol. The Morgan fingerprint density at radius 1 is 1.38 bits per heavy atom. The van der Waals surface area contributed by atoms with E-state index >= 15 is 0 Å². The Hall–Kier alpha value is -2.04. The standard InChI is InChI=1S/C16H23N3O2/c1-11(2)9-19(10-15(17)20)16(21)13-7-8-18-14-6-4-3-5-12(13)14/h3-6,11,13,18H,7-10H2,1-2H3,(H2,17,20). The third kappa shape index (κ3) is 3.74. The van der Waals surface area contributed by atoms with Gasteiger partial charge >= 0.3 is 0 Å². The summed E-state index contributed by atoms with van der Waals surface area (Å²) in [4.78, 5) is 25.7. The largest absolute Gasteiger partial charge is 0.385 e. The van der Waals surface area contributed by atoms with E-state index in [4.69, 9.17) is 5.73 Å². The van der Waals surface area contributed by atoms with Crippen molar-refractivity contribution in [1.29, 1.82) is 0 Å². The fourth-order valence-corrected chi connectivity index (χ4v) is 2.81. The van der Waals surface area contributed by atoms with E-state index in [0.29, 0.717) is 12.5 Å². The van der Waals surface area contributed by atoms with E-state index in [1.807, 2.05) is 38.1 Å². The Bertz CT molecular complexity index is 528. The minimum Gasteiger partial charge on any atom is -0.385 e. The van der Waals surface area contributed by atoms with Crippen LogP contribution >= 0.6 is 0 Å². The summed E-state index contributed by atoms with van der Waals surface area (Å²) in [5.74, 6) is -0.367. The SMILES string of the molecule is CC(C)CN(CC(N)=O)C(=O)C1CCNc2ccccc21. The molecule has 1 unspecified atom stereocenters. The number of nitrogens with one attached hydrogen (secondary N) is 1. The van der Waals surface area contributed by atoms with Gasteiger partial charge < -0.3 is 16.0 Å². The molecule has 0 aliphatic carbocycles. The molecule has 1 aliphatic heterocycles. The number of nitrogens with zero attached hydrogens (tertiary/aromatic N) is 1. The first-order valence-electron chi connectivity index (χ1n) is 7.39. The lowest BCUT2D eigenvalue weighted by Crippen LogP contribution is -2.43. The molecule has 5 heteroatoms. The third-order valence-electron chi connectivity index (χ3n) is 3.63. The summed E-state index contributed by atoms with van der Waals surface area (Å²) >= 11 is 0. The molecule has 1 atom stereocenters. The van der Waals surface area contributed by atoms with E-state index in [1.54, 1.807) is 4.90 Å². The van der Waals surface area contributed by atoms with Crippen molar-refractivity contribution < 1.29 is 9.59 Å². The Morgan fingerprint density at radius 2 is 2.10 bits per heavy atom. The number of primary amides is 1. The summed E-state index contributed by atoms with van der Waals surface area (Å²) in [7, 11) is 0. The summed E-state index contributed by atoms with van der Waals surface area (Å²) in [5.41, 5.74) is 7.30. The van der Waals surface area contributed by atoms with Crippen molar-refractivity contribution in [1.82, 2.24) is 4.90 Å². The van der Waals surface area contributed by atoms with Crippen LogP contribution in [0.4, 0.5) is 5.69 Å². The van der Waals surface area contributed by atoms with E-state index in [-0.39, 0.29) is 18.4 Å². The van der Waals surface area contributed by atoms with E-state index in [0.717, 1.165) is 24.2 Å². The molecule has 0 aromatic heterocycles. The van der Waals surface area contributed by atoms with Gasteiger partial charge in [0.2, 0.25) is 11.8 Å². The maximum absolute atomic E-state index is 12.8. The van der Waals surface area contributed by atoms with Crippen LogP contribution < -0.4 is 11.1 Å². The molecule has 21 heavy (non-hydrogen) atoms. The lowest BCUT2D eigenvalue weighted by molar-refractivity contribution is -0.137. The minimum atomic E-state index is -0.466. The highest BCUT2D eigenvalue weighted by molar-refractivity contribution is 5.89. The maximum atomic E-state index is 12.8. The number of carbonyl (C=O) groups excluding carboxylic acids is 2. The number of para-hydroxylation sites is 1. The molecular weight excluding hydrogens is 266 g/mol. The quantitative estimate of drug-likeness (QED) is 0.863. The third-order valence-corrected chi connectivity index (χ3v) is 3.63. The van der Waals surface area contributed by atoms with Gasteiger partial charge in [0, 0.05) is 18.8 Å². The number of fused-ring (bicyclic) bond motifs is 1. The van der Waals surface area contributed by atoms with Crippen LogP contribution in [0.25, 0.3) is 0 Å². The van der Waals surface area contributed by atoms with Crippen molar-refractivity contribution in [2.24, 2.45) is 11.7 Å². The number of carbonyl (C=O) groups is 2. The molecule has 5 nitrogen and oxygen atoms in total. The lowest BCUT2D eigenvalue weighted by atomic mass is 9.89. The minimum absolute atomic E-state index is 0.00329. The molecule has 1 aromatic carbocycles. The topological polar surface area (TPSA) is 75.4 Å². The van der Waals surface area contributed by atoms with Gasteiger partial charge in [-0.25, -0.2) is 0 Å². The number of nitrogens with two attached hydrogens (primary N) is 1. The van der Waals surface area contributed by atoms with Crippen LogP contribution in [-0.4, -0.2) is 36.3 Å². The second-order valence-corrected chi connectivity index (χ2v) is 5.93. The molecule has 1 aliphatic rings. The summed E-state index contributed by atoms with van der Waals surface area (Å²) in [6.07, 6.45) is 0.739. The Balaban J connectivity index is 2.23. The van der Waals surface area contributed by atoms with Crippen molar-refractivity contribution in [2.45, 2.75) is 26.2 Å². The van der Waals surface area contributed by atoms with Crippen LogP contribution in [0.15, 0.2) is 24.3 Å². The fraction of sp³-hybridized carbons (Fsp3) is 0.500. The van der Waals surface area contributed by atoms with Gasteiger partial charge in [-0.15, -0.1) is 0 Å². The van der Waals surface area contributed by atoms with Crippen LogP contribution in [0.5, 0.6) is 0 Å². The Morgan fingerprint density at radius 3 is 2.76 bits per heavy atom. The van der Waals surface area contributed by atoms with Crippen molar-refractivity contribution in [3.63, 3.8) is 0 Å². The molecule has 0 fully saturated rings. The van der Waals surface area contributed by atoms with Crippen LogP contribution in [0.1, 0.15) is 31.7 Å². The van der Waals surface area contributed by atoms with Crippen LogP contribution in [-0.2, 0) is 9.59 Å². The summed E-state index contributed by atoms with van der Waals surface area (Å²) in [6, 6.07) is 7.85. The van der Waals surface area contributed by atoms with Gasteiger partial charge in [-0.2, -0.15) is 0 Å². The normalized spacial score (nSPS) is 17.0. The molecule has 3 N–H and O–H groups in total. The Kier molecular flexibility index (Phi) is 4.83. The number of rotatable bonds is 5. The number of anilines is 1. The number of benzene rings is 1. The molecule has 1 heterocycles.